The summed E-state index contributed by atoms with van der Waals surface area (Å²) >= 11 is 6.00. The van der Waals surface area contributed by atoms with Gasteiger partial charge in [-0.15, -0.1) is 0 Å². The van der Waals surface area contributed by atoms with E-state index in [-0.39, 0.29) is 9.23 Å². The molecule has 1 aromatic carbocycles. The third-order valence-electron chi connectivity index (χ3n) is 4.02. The number of thiocarbonyl (C=S) groups is 1. The molecule has 1 atom stereocenters. The number of carbonyl (C=O) groups excluding carboxylic acids is 1. The van der Waals surface area contributed by atoms with Crippen molar-refractivity contribution in [2.45, 2.75) is 19.4 Å². The Hall–Kier alpha value is -2.91. The first-order valence-electron chi connectivity index (χ1n) is 8.15. The molecule has 0 unspecified atom stereocenters. The Labute approximate surface area is 169 Å². The van der Waals surface area contributed by atoms with Gasteiger partial charge in [0.15, 0.2) is 0 Å². The third kappa shape index (κ3) is 4.15. The van der Waals surface area contributed by atoms with Crippen LogP contribution in [0.4, 0.5) is 0 Å². The lowest BCUT2D eigenvalue weighted by molar-refractivity contribution is -0.150. The largest absolute Gasteiger partial charge is 0.481 e. The summed E-state index contributed by atoms with van der Waals surface area (Å²) in [6, 6.07) is 9.64. The molecule has 7 nitrogen and oxygen atoms in total. The zero-order valence-corrected chi connectivity index (χ0v) is 16.3. The van der Waals surface area contributed by atoms with Gasteiger partial charge < -0.3 is 14.6 Å². The molecule has 1 amide bonds. The minimum Gasteiger partial charge on any atom is -0.481 e. The number of carboxylic acid groups (broad SMARTS) is 2. The van der Waals surface area contributed by atoms with Gasteiger partial charge in [-0.2, -0.15) is 0 Å². The number of hydrogen-bond acceptors (Lipinski definition) is 6. The van der Waals surface area contributed by atoms with E-state index in [1.165, 1.54) is 6.08 Å². The quantitative estimate of drug-likeness (QED) is 0.544. The second-order valence-electron chi connectivity index (χ2n) is 6.07. The van der Waals surface area contributed by atoms with Crippen LogP contribution in [0.5, 0.6) is 0 Å². The molecule has 0 bridgehead atoms. The number of hydrogen-bond donors (Lipinski definition) is 2. The molecule has 2 aromatic rings. The minimum absolute atomic E-state index is 0.00443. The Morgan fingerprint density at radius 3 is 2.50 bits per heavy atom. The molecule has 0 spiro atoms. The number of amides is 1. The molecule has 0 saturated carbocycles. The van der Waals surface area contributed by atoms with E-state index in [1.54, 1.807) is 12.1 Å². The highest BCUT2D eigenvalue weighted by molar-refractivity contribution is 8.26. The molecule has 0 aliphatic carbocycles. The molecule has 28 heavy (non-hydrogen) atoms. The van der Waals surface area contributed by atoms with E-state index >= 15 is 0 Å². The molecule has 2 N–H and O–H groups in total. The molecule has 2 heterocycles. The van der Waals surface area contributed by atoms with Crippen molar-refractivity contribution in [1.82, 2.24) is 4.90 Å². The summed E-state index contributed by atoms with van der Waals surface area (Å²) in [5.41, 5.74) is 2.00. The van der Waals surface area contributed by atoms with Crippen LogP contribution in [0.1, 0.15) is 17.7 Å². The van der Waals surface area contributed by atoms with Crippen LogP contribution in [0, 0.1) is 6.92 Å². The maximum atomic E-state index is 12.6. The molecular weight excluding hydrogens is 402 g/mol. The molecule has 1 aliphatic rings. The molecule has 0 radical (unpaired) electrons. The fraction of sp³-hybridized carbons (Fsp3) is 0.158. The van der Waals surface area contributed by atoms with Crippen LogP contribution in [0.25, 0.3) is 17.4 Å². The van der Waals surface area contributed by atoms with Crippen LogP contribution in [0.3, 0.4) is 0 Å². The van der Waals surface area contributed by atoms with Crippen molar-refractivity contribution in [3.63, 3.8) is 0 Å². The fourth-order valence-electron chi connectivity index (χ4n) is 2.64. The van der Waals surface area contributed by atoms with Crippen molar-refractivity contribution in [3.8, 4) is 11.3 Å². The minimum atomic E-state index is -1.56. The number of nitrogens with zero attached hydrogens (tertiary/aromatic N) is 1. The molecule has 1 aromatic heterocycles. The van der Waals surface area contributed by atoms with Crippen LogP contribution < -0.4 is 0 Å². The smallest absolute Gasteiger partial charge is 0.327 e. The van der Waals surface area contributed by atoms with E-state index in [1.807, 2.05) is 31.2 Å². The summed E-state index contributed by atoms with van der Waals surface area (Å²) in [7, 11) is 0. The van der Waals surface area contributed by atoms with Crippen molar-refractivity contribution in [3.05, 3.63) is 52.6 Å². The van der Waals surface area contributed by atoms with Gasteiger partial charge in [0, 0.05) is 11.6 Å². The van der Waals surface area contributed by atoms with E-state index in [4.69, 9.17) is 21.7 Å². The molecule has 3 rings (SSSR count). The lowest BCUT2D eigenvalue weighted by Gasteiger charge is -2.21. The highest BCUT2D eigenvalue weighted by Gasteiger charge is 2.41. The van der Waals surface area contributed by atoms with Crippen molar-refractivity contribution < 1.29 is 29.0 Å². The maximum absolute atomic E-state index is 12.6. The topological polar surface area (TPSA) is 108 Å². The number of rotatable bonds is 6. The molecular formula is C19H15NO6S2. The van der Waals surface area contributed by atoms with E-state index < -0.39 is 30.3 Å². The normalized spacial score (nSPS) is 16.6. The summed E-state index contributed by atoms with van der Waals surface area (Å²) in [4.78, 5) is 35.9. The Morgan fingerprint density at radius 1 is 1.21 bits per heavy atom. The van der Waals surface area contributed by atoms with Crippen molar-refractivity contribution in [2.75, 3.05) is 0 Å². The number of thioether (sulfide) groups is 1. The number of furan rings is 1. The van der Waals surface area contributed by atoms with Gasteiger partial charge in [-0.25, -0.2) is 4.79 Å². The Balaban J connectivity index is 1.85. The van der Waals surface area contributed by atoms with Crippen LogP contribution in [0.2, 0.25) is 0 Å². The number of carbonyl (C=O) groups is 3. The van der Waals surface area contributed by atoms with Crippen LogP contribution in [-0.4, -0.2) is 43.3 Å². The lowest BCUT2D eigenvalue weighted by atomic mass is 10.1. The first-order valence-corrected chi connectivity index (χ1v) is 9.37. The van der Waals surface area contributed by atoms with Gasteiger partial charge in [-0.05, 0) is 19.1 Å². The molecule has 1 aliphatic heterocycles. The standard InChI is InChI=1S/C19H15NO6S2/c1-10-2-4-11(5-3-10)14-7-6-12(26-14)8-15-17(23)20(19(27)28-15)13(18(24)25)9-16(21)22/h2-8,13H,9H2,1H3,(H,21,22)(H,24,25)/b15-8-/t13-/m0/s1. The Morgan fingerprint density at radius 2 is 1.89 bits per heavy atom. The van der Waals surface area contributed by atoms with Gasteiger partial charge in [0.1, 0.15) is 21.9 Å². The van der Waals surface area contributed by atoms with Gasteiger partial charge in [0.2, 0.25) is 0 Å². The third-order valence-corrected chi connectivity index (χ3v) is 5.35. The van der Waals surface area contributed by atoms with Gasteiger partial charge in [0.25, 0.3) is 5.91 Å². The first-order chi connectivity index (χ1) is 13.3. The average Bonchev–Trinajstić information content (AvgIpc) is 3.19. The number of aryl methyl sites for hydroxylation is 1. The summed E-state index contributed by atoms with van der Waals surface area (Å²) in [6.07, 6.45) is 0.726. The average molecular weight is 417 g/mol. The second kappa shape index (κ2) is 7.99. The van der Waals surface area contributed by atoms with Gasteiger partial charge in [-0.3, -0.25) is 14.5 Å². The summed E-state index contributed by atoms with van der Waals surface area (Å²) in [6.45, 7) is 1.98. The summed E-state index contributed by atoms with van der Waals surface area (Å²) < 4.78 is 5.74. The number of benzene rings is 1. The van der Waals surface area contributed by atoms with E-state index in [0.717, 1.165) is 27.8 Å². The fourth-order valence-corrected chi connectivity index (χ4v) is 3.97. The van der Waals surface area contributed by atoms with E-state index in [2.05, 4.69) is 0 Å². The monoisotopic (exact) mass is 417 g/mol. The predicted molar refractivity (Wildman–Crippen MR) is 108 cm³/mol. The zero-order valence-electron chi connectivity index (χ0n) is 14.6. The Bertz CT molecular complexity index is 992. The van der Waals surface area contributed by atoms with Crippen LogP contribution in [-0.2, 0) is 14.4 Å². The highest BCUT2D eigenvalue weighted by atomic mass is 32.2. The number of carboxylic acids is 2. The molecule has 9 heteroatoms. The van der Waals surface area contributed by atoms with Crippen molar-refractivity contribution in [1.29, 1.82) is 0 Å². The van der Waals surface area contributed by atoms with Gasteiger partial charge in [-0.1, -0.05) is 53.8 Å². The van der Waals surface area contributed by atoms with Crippen LogP contribution >= 0.6 is 24.0 Å². The van der Waals surface area contributed by atoms with Crippen molar-refractivity contribution in [2.24, 2.45) is 0 Å². The number of aliphatic carboxylic acids is 2. The van der Waals surface area contributed by atoms with Gasteiger partial charge >= 0.3 is 11.9 Å². The summed E-state index contributed by atoms with van der Waals surface area (Å²) in [5, 5.41) is 18.2. The highest BCUT2D eigenvalue weighted by Crippen LogP contribution is 2.35. The SMILES string of the molecule is Cc1ccc(-c2ccc(/C=C3\SC(=S)N([C@@H](CC(=O)O)C(=O)O)C3=O)o2)cc1. The first kappa shape index (κ1) is 19.8. The van der Waals surface area contributed by atoms with Crippen LogP contribution in [0.15, 0.2) is 45.7 Å². The summed E-state index contributed by atoms with van der Waals surface area (Å²) in [5.74, 6) is -2.40. The van der Waals surface area contributed by atoms with E-state index in [9.17, 15) is 19.5 Å². The van der Waals surface area contributed by atoms with Gasteiger partial charge in [0.05, 0.1) is 11.3 Å². The molecule has 1 saturated heterocycles. The van der Waals surface area contributed by atoms with E-state index in [0.29, 0.717) is 11.5 Å². The molecule has 144 valence electrons. The molecule has 1 fully saturated rings. The maximum Gasteiger partial charge on any atom is 0.327 e. The Kier molecular flexibility index (Phi) is 5.66. The zero-order chi connectivity index (χ0) is 20.4. The van der Waals surface area contributed by atoms with Crippen molar-refractivity contribution >= 4 is 52.2 Å². The predicted octanol–water partition coefficient (Wildman–Crippen LogP) is 3.38. The second-order valence-corrected chi connectivity index (χ2v) is 7.75. The lowest BCUT2D eigenvalue weighted by Crippen LogP contribution is -2.45.